The molecule has 0 fully saturated rings. The summed E-state index contributed by atoms with van der Waals surface area (Å²) >= 11 is 5.77. The van der Waals surface area contributed by atoms with Crippen molar-refractivity contribution in [2.45, 2.75) is 39.8 Å². The van der Waals surface area contributed by atoms with Crippen molar-refractivity contribution in [3.63, 3.8) is 0 Å². The largest absolute Gasteiger partial charge is 0.326 e. The molecule has 108 valence electrons. The molecule has 0 aliphatic rings. The van der Waals surface area contributed by atoms with Crippen LogP contribution in [0.1, 0.15) is 36.4 Å². The number of benzene rings is 1. The predicted octanol–water partition coefficient (Wildman–Crippen LogP) is 3.31. The summed E-state index contributed by atoms with van der Waals surface area (Å²) in [6.45, 7) is 4.98. The van der Waals surface area contributed by atoms with Crippen molar-refractivity contribution in [3.05, 3.63) is 51.6 Å². The summed E-state index contributed by atoms with van der Waals surface area (Å²) in [5.41, 5.74) is 9.56. The Morgan fingerprint density at radius 3 is 2.60 bits per heavy atom. The molecule has 0 aliphatic carbocycles. The van der Waals surface area contributed by atoms with Crippen LogP contribution in [0.4, 0.5) is 4.39 Å². The minimum atomic E-state index is -0.303. The Kier molecular flexibility index (Phi) is 4.78. The average Bonchev–Trinajstić information content (AvgIpc) is 2.78. The van der Waals surface area contributed by atoms with Crippen LogP contribution in [0.15, 0.2) is 18.2 Å². The minimum Gasteiger partial charge on any atom is -0.326 e. The second-order valence-electron chi connectivity index (χ2n) is 4.68. The predicted molar refractivity (Wildman–Crippen MR) is 79.4 cm³/mol. The normalized spacial score (nSPS) is 11.1. The fourth-order valence-corrected chi connectivity index (χ4v) is 2.61. The highest BCUT2D eigenvalue weighted by Crippen LogP contribution is 2.20. The number of nitrogens with two attached hydrogens (primary N) is 1. The molecule has 1 aromatic carbocycles. The fourth-order valence-electron chi connectivity index (χ4n) is 2.45. The third kappa shape index (κ3) is 2.86. The number of nitrogens with zero attached hydrogens (tertiary/aromatic N) is 2. The van der Waals surface area contributed by atoms with Gasteiger partial charge < -0.3 is 5.73 Å². The summed E-state index contributed by atoms with van der Waals surface area (Å²) in [7, 11) is 0. The lowest BCUT2D eigenvalue weighted by atomic mass is 10.1. The van der Waals surface area contributed by atoms with Gasteiger partial charge in [0, 0.05) is 28.4 Å². The zero-order valence-corrected chi connectivity index (χ0v) is 12.5. The summed E-state index contributed by atoms with van der Waals surface area (Å²) in [5, 5.41) is 4.97. The average molecular weight is 296 g/mol. The first-order chi connectivity index (χ1) is 9.60. The lowest BCUT2D eigenvalue weighted by molar-refractivity contribution is 0.573. The van der Waals surface area contributed by atoms with E-state index in [0.717, 1.165) is 29.8 Å². The van der Waals surface area contributed by atoms with Crippen molar-refractivity contribution < 1.29 is 4.39 Å². The van der Waals surface area contributed by atoms with Gasteiger partial charge in [-0.05, 0) is 25.0 Å². The standard InChI is InChI=1S/C15H19ClFN3/c1-3-14-12(8-18)15(4-2)20(19-14)9-10-5-6-11(16)7-13(10)17/h5-7H,3-4,8-9,18H2,1-2H3. The third-order valence-electron chi connectivity index (χ3n) is 3.46. The van der Waals surface area contributed by atoms with Gasteiger partial charge in [-0.2, -0.15) is 5.10 Å². The lowest BCUT2D eigenvalue weighted by Crippen LogP contribution is -2.09. The van der Waals surface area contributed by atoms with Crippen molar-refractivity contribution in [3.8, 4) is 0 Å². The van der Waals surface area contributed by atoms with Gasteiger partial charge in [-0.15, -0.1) is 0 Å². The number of rotatable bonds is 5. The molecule has 0 amide bonds. The van der Waals surface area contributed by atoms with Gasteiger partial charge >= 0.3 is 0 Å². The van der Waals surface area contributed by atoms with Gasteiger partial charge in [-0.25, -0.2) is 4.39 Å². The van der Waals surface area contributed by atoms with Gasteiger partial charge in [0.25, 0.3) is 0 Å². The Hall–Kier alpha value is -1.39. The van der Waals surface area contributed by atoms with Gasteiger partial charge in [0.05, 0.1) is 12.2 Å². The monoisotopic (exact) mass is 295 g/mol. The van der Waals surface area contributed by atoms with Crippen LogP contribution in [0, 0.1) is 5.82 Å². The molecule has 5 heteroatoms. The van der Waals surface area contributed by atoms with Crippen molar-refractivity contribution in [2.75, 3.05) is 0 Å². The van der Waals surface area contributed by atoms with Crippen LogP contribution in [0.2, 0.25) is 5.02 Å². The Morgan fingerprint density at radius 2 is 2.05 bits per heavy atom. The first-order valence-electron chi connectivity index (χ1n) is 6.82. The minimum absolute atomic E-state index is 0.303. The van der Waals surface area contributed by atoms with Crippen molar-refractivity contribution >= 4 is 11.6 Å². The highest BCUT2D eigenvalue weighted by Gasteiger charge is 2.15. The number of hydrogen-bond acceptors (Lipinski definition) is 2. The molecule has 0 spiro atoms. The van der Waals surface area contributed by atoms with Gasteiger partial charge in [0.2, 0.25) is 0 Å². The van der Waals surface area contributed by atoms with Crippen molar-refractivity contribution in [2.24, 2.45) is 5.73 Å². The molecule has 1 aromatic heterocycles. The van der Waals surface area contributed by atoms with E-state index in [0.29, 0.717) is 23.7 Å². The van der Waals surface area contributed by atoms with E-state index in [4.69, 9.17) is 17.3 Å². The molecule has 1 heterocycles. The van der Waals surface area contributed by atoms with Gasteiger partial charge in [-0.1, -0.05) is 31.5 Å². The SMILES string of the molecule is CCc1nn(Cc2ccc(Cl)cc2F)c(CC)c1CN. The van der Waals surface area contributed by atoms with Crippen molar-refractivity contribution in [1.82, 2.24) is 9.78 Å². The van der Waals surface area contributed by atoms with Crippen LogP contribution in [0.3, 0.4) is 0 Å². The number of aromatic nitrogens is 2. The fraction of sp³-hybridized carbons (Fsp3) is 0.400. The number of aryl methyl sites for hydroxylation is 1. The van der Waals surface area contributed by atoms with E-state index < -0.39 is 0 Å². The molecule has 0 atom stereocenters. The zero-order chi connectivity index (χ0) is 14.7. The summed E-state index contributed by atoms with van der Waals surface area (Å²) in [4.78, 5) is 0. The van der Waals surface area contributed by atoms with Crippen LogP contribution < -0.4 is 5.73 Å². The van der Waals surface area contributed by atoms with E-state index in [1.54, 1.807) is 12.1 Å². The van der Waals surface area contributed by atoms with E-state index in [1.807, 2.05) is 11.6 Å². The Labute approximate surface area is 123 Å². The Balaban J connectivity index is 2.40. The molecule has 0 saturated carbocycles. The molecule has 2 N–H and O–H groups in total. The Bertz CT molecular complexity index is 607. The summed E-state index contributed by atoms with van der Waals surface area (Å²) in [6, 6.07) is 4.72. The van der Waals surface area contributed by atoms with Crippen LogP contribution in [0.25, 0.3) is 0 Å². The molecule has 0 saturated heterocycles. The summed E-state index contributed by atoms with van der Waals surface area (Å²) in [5.74, 6) is -0.303. The quantitative estimate of drug-likeness (QED) is 0.920. The second kappa shape index (κ2) is 6.37. The molecule has 3 nitrogen and oxygen atoms in total. The zero-order valence-electron chi connectivity index (χ0n) is 11.8. The molecule has 0 aliphatic heterocycles. The molecular weight excluding hydrogens is 277 g/mol. The topological polar surface area (TPSA) is 43.8 Å². The highest BCUT2D eigenvalue weighted by molar-refractivity contribution is 6.30. The molecule has 0 radical (unpaired) electrons. The van der Waals surface area contributed by atoms with E-state index >= 15 is 0 Å². The second-order valence-corrected chi connectivity index (χ2v) is 5.11. The summed E-state index contributed by atoms with van der Waals surface area (Å²) < 4.78 is 15.7. The van der Waals surface area contributed by atoms with Crippen molar-refractivity contribution in [1.29, 1.82) is 0 Å². The van der Waals surface area contributed by atoms with E-state index in [-0.39, 0.29) is 5.82 Å². The third-order valence-corrected chi connectivity index (χ3v) is 3.69. The lowest BCUT2D eigenvalue weighted by Gasteiger charge is -2.08. The van der Waals surface area contributed by atoms with Gasteiger partial charge in [-0.3, -0.25) is 4.68 Å². The van der Waals surface area contributed by atoms with E-state index in [2.05, 4.69) is 12.0 Å². The molecule has 2 rings (SSSR count). The Morgan fingerprint density at radius 1 is 1.30 bits per heavy atom. The number of halogens is 2. The molecular formula is C15H19ClFN3. The maximum Gasteiger partial charge on any atom is 0.129 e. The highest BCUT2D eigenvalue weighted by atomic mass is 35.5. The maximum atomic E-state index is 13.9. The first kappa shape index (κ1) is 15.0. The van der Waals surface area contributed by atoms with Gasteiger partial charge in [0.1, 0.15) is 5.82 Å². The summed E-state index contributed by atoms with van der Waals surface area (Å²) in [6.07, 6.45) is 1.66. The molecule has 0 bridgehead atoms. The maximum absolute atomic E-state index is 13.9. The number of hydrogen-bond donors (Lipinski definition) is 1. The van der Waals surface area contributed by atoms with E-state index in [1.165, 1.54) is 6.07 Å². The van der Waals surface area contributed by atoms with Crippen LogP contribution in [-0.4, -0.2) is 9.78 Å². The van der Waals surface area contributed by atoms with Crippen LogP contribution in [0.5, 0.6) is 0 Å². The smallest absolute Gasteiger partial charge is 0.129 e. The molecule has 2 aromatic rings. The molecule has 0 unspecified atom stereocenters. The van der Waals surface area contributed by atoms with Crippen LogP contribution >= 0.6 is 11.6 Å². The van der Waals surface area contributed by atoms with E-state index in [9.17, 15) is 4.39 Å². The van der Waals surface area contributed by atoms with Gasteiger partial charge in [0.15, 0.2) is 0 Å². The molecule has 20 heavy (non-hydrogen) atoms. The van der Waals surface area contributed by atoms with Crippen LogP contribution in [-0.2, 0) is 25.9 Å². The first-order valence-corrected chi connectivity index (χ1v) is 7.19.